The highest BCUT2D eigenvalue weighted by Gasteiger charge is 2.84. The molecule has 80 heavy (non-hydrogen) atoms. The molecule has 0 radical (unpaired) electrons. The average molecular weight is 1050 g/mol. The number of hydrogen-bond donors (Lipinski definition) is 1. The van der Waals surface area contributed by atoms with Gasteiger partial charge in [0.25, 0.3) is 11.6 Å². The van der Waals surface area contributed by atoms with Gasteiger partial charge in [0.05, 0.1) is 11.2 Å². The highest BCUT2D eigenvalue weighted by Crippen LogP contribution is 2.88. The molecule has 4 atom stereocenters. The Labute approximate surface area is 446 Å². The first-order valence-electron chi connectivity index (χ1n) is 28.6. The van der Waals surface area contributed by atoms with E-state index in [2.05, 4.69) is 41.5 Å². The predicted molar refractivity (Wildman–Crippen MR) is 307 cm³/mol. The molecular weight excluding hydrogens is 1020 g/mol. The van der Waals surface area contributed by atoms with Crippen molar-refractivity contribution in [2.24, 2.45) is 0 Å². The highest BCUT2D eigenvalue weighted by molar-refractivity contribution is 6.77. The lowest BCUT2D eigenvalue weighted by Crippen LogP contribution is -2.50. The van der Waals surface area contributed by atoms with Crippen LogP contribution < -0.4 is 0 Å². The summed E-state index contributed by atoms with van der Waals surface area (Å²) in [6.45, 7) is 12.3. The Bertz CT molecular complexity index is 6730. The Morgan fingerprint density at radius 3 is 0.750 bits per heavy atom. The summed E-state index contributed by atoms with van der Waals surface area (Å²) in [5, 5.41) is 67.8. The van der Waals surface area contributed by atoms with E-state index >= 15 is 5.11 Å². The summed E-state index contributed by atoms with van der Waals surface area (Å²) >= 11 is 9.63. The molecule has 32 rings (SSSR count). The van der Waals surface area contributed by atoms with Crippen molar-refractivity contribution in [3.8, 4) is 0 Å². The zero-order valence-electron chi connectivity index (χ0n) is 43.1. The van der Waals surface area contributed by atoms with Crippen molar-refractivity contribution in [1.82, 2.24) is 0 Å². The lowest BCUT2D eigenvalue weighted by atomic mass is 9.63. The van der Waals surface area contributed by atoms with E-state index in [0.717, 1.165) is 109 Å². The third-order valence-electron chi connectivity index (χ3n) is 25.4. The van der Waals surface area contributed by atoms with Crippen molar-refractivity contribution >= 4 is 227 Å². The van der Waals surface area contributed by atoms with Gasteiger partial charge in [-0.05, 0) is 235 Å². The summed E-state index contributed by atoms with van der Waals surface area (Å²) in [6.07, 6.45) is 0. The van der Waals surface area contributed by atoms with E-state index in [1.54, 1.807) is 0 Å². The van der Waals surface area contributed by atoms with Crippen molar-refractivity contribution in [2.75, 3.05) is 14.2 Å². The first-order chi connectivity index (χ1) is 38.7. The van der Waals surface area contributed by atoms with E-state index in [1.165, 1.54) is 162 Å². The van der Waals surface area contributed by atoms with Gasteiger partial charge in [0.1, 0.15) is 4.87 Å². The minimum Gasteiger partial charge on any atom is -0.454 e. The lowest BCUT2D eigenvalue weighted by Gasteiger charge is -2.46. The summed E-state index contributed by atoms with van der Waals surface area (Å²) in [6, 6.07) is 0. The molecule has 21 aromatic rings. The van der Waals surface area contributed by atoms with Crippen molar-refractivity contribution < 1.29 is 43.6 Å². The number of rotatable bonds is 6. The van der Waals surface area contributed by atoms with E-state index in [4.69, 9.17) is 38.5 Å². The third kappa shape index (κ3) is 2.06. The van der Waals surface area contributed by atoms with E-state index in [1.807, 2.05) is 14.2 Å². The maximum atomic E-state index is 16.1. The summed E-state index contributed by atoms with van der Waals surface area (Å²) in [5.74, 6) is -2.85. The molecule has 0 saturated carbocycles. The van der Waals surface area contributed by atoms with Gasteiger partial charge in [-0.1, -0.05) is 0 Å². The second-order valence-corrected chi connectivity index (χ2v) is 29.9. The fourth-order valence-corrected chi connectivity index (χ4v) is 25.2. The molecule has 11 aliphatic rings. The maximum absolute atomic E-state index is 16.1. The van der Waals surface area contributed by atoms with E-state index in [-0.39, 0.29) is 11.5 Å². The Morgan fingerprint density at radius 2 is 0.512 bits per heavy atom. The van der Waals surface area contributed by atoms with Gasteiger partial charge in [-0.25, -0.2) is 19.6 Å². The molecule has 0 aromatic heterocycles. The van der Waals surface area contributed by atoms with Gasteiger partial charge in [0, 0.05) is 103 Å². The molecule has 366 valence electrons. The average Bonchev–Trinajstić information content (AvgIpc) is 1.41. The summed E-state index contributed by atoms with van der Waals surface area (Å²) < 4.78 is 32.0. The lowest BCUT2D eigenvalue weighted by molar-refractivity contribution is -0.402. The Balaban J connectivity index is 1.12. The Kier molecular flexibility index (Phi) is 3.55. The maximum Gasteiger partial charge on any atom is 0.265 e. The monoisotopic (exact) mass is 1040 g/mol. The topological polar surface area (TPSA) is 94.1 Å². The number of benzene rings is 15. The first-order valence-corrected chi connectivity index (χ1v) is 29.0. The highest BCUT2D eigenvalue weighted by atomic mass is 35.5. The molecule has 4 heterocycles. The quantitative estimate of drug-likeness (QED) is 0.0756. The second-order valence-electron chi connectivity index (χ2n) is 29.3. The predicted octanol–water partition coefficient (Wildman–Crippen LogP) is 15.7. The minimum atomic E-state index is -2.30. The van der Waals surface area contributed by atoms with Crippen LogP contribution in [0.3, 0.4) is 0 Å². The van der Waals surface area contributed by atoms with Crippen LogP contribution in [-0.4, -0.2) is 36.1 Å². The number of ether oxygens (including phenoxy) is 4. The van der Waals surface area contributed by atoms with Gasteiger partial charge in [-0.15, -0.1) is 11.6 Å². The Hall–Kier alpha value is -7.41. The standard InChI is InChI=1S/C70H25ClO9/c1-63(2,3)77-79-65-49-39-29-19-14-9-10-12-13-11(9)16-22-20(14)30(29)40-42-32(22)36-26(16)28-18(13)24-23-17(12)27-25-15(10)21(19)31-35(25)45-47-37(27)33(23)43-44-34(24)38(28)48-46(36)56-52(42)66(50(40)49,80-78-64(4,5)6)60-59(65)61-68(72)62(60)76-70(56,74-8)58(48)54(44)67(68,71)53(43)57(47)69(73-7,75-61)55(45)51(65)41(31)39/h72H,1-8H3. The smallest absolute Gasteiger partial charge is 0.265 e. The van der Waals surface area contributed by atoms with Crippen LogP contribution in [0.4, 0.5) is 0 Å². The minimum absolute atomic E-state index is 0.231. The molecule has 1 N–H and O–H groups in total. The molecule has 21 aromatic carbocycles. The molecule has 9 nitrogen and oxygen atoms in total. The summed E-state index contributed by atoms with van der Waals surface area (Å²) in [5.41, 5.74) is 3.08. The van der Waals surface area contributed by atoms with Gasteiger partial charge in [-0.3, -0.25) is 0 Å². The van der Waals surface area contributed by atoms with Crippen molar-refractivity contribution in [1.29, 1.82) is 0 Å². The van der Waals surface area contributed by atoms with Gasteiger partial charge in [0.15, 0.2) is 22.7 Å². The van der Waals surface area contributed by atoms with Crippen LogP contribution in [0, 0.1) is 0 Å². The molecular formula is C70H25ClO9. The van der Waals surface area contributed by atoms with Crippen LogP contribution in [0.15, 0.2) is 22.7 Å². The van der Waals surface area contributed by atoms with Gasteiger partial charge in [0.2, 0.25) is 5.60 Å². The molecule has 4 aliphatic heterocycles. The second kappa shape index (κ2) is 8.04. The largest absolute Gasteiger partial charge is 0.454 e. The molecule has 4 bridgehead atoms. The van der Waals surface area contributed by atoms with E-state index in [0.29, 0.717) is 11.1 Å². The van der Waals surface area contributed by atoms with Crippen LogP contribution in [-0.2, 0) is 66.1 Å². The molecule has 10 heteroatoms. The van der Waals surface area contributed by atoms with Gasteiger partial charge < -0.3 is 24.1 Å². The number of aliphatic hydroxyl groups is 1. The van der Waals surface area contributed by atoms with Gasteiger partial charge in [-0.2, -0.15) is 0 Å². The SMILES string of the molecule is COC12OC3=C4C5=C6OC7(OC)c8c9c%10c%11c(c%12c%13c%14c(c1c1c%15c2c2c%16c%17c(c7c7c8c8c%10c%10c%18c%11c%13c%11c%13c%14c1c1c%14c%15c%16c%15c%16c%17c7c7c8c%10c8c(c%11%18)c(c1%13)c(c%14%15)c8c7%16)C2(Cl)C36O)C4%12OOC(C)(C)C)C59OOC(C)(C)C. The Morgan fingerprint density at radius 1 is 0.312 bits per heavy atom. The van der Waals surface area contributed by atoms with Crippen molar-refractivity contribution in [3.05, 3.63) is 78.3 Å². The zero-order chi connectivity index (χ0) is 50.8. The molecule has 0 spiro atoms. The van der Waals surface area contributed by atoms with Crippen LogP contribution >= 0.6 is 11.6 Å². The molecule has 7 aliphatic carbocycles. The van der Waals surface area contributed by atoms with Crippen LogP contribution in [0.1, 0.15) is 97.2 Å². The van der Waals surface area contributed by atoms with Crippen molar-refractivity contribution in [3.63, 3.8) is 0 Å². The molecule has 0 amide bonds. The van der Waals surface area contributed by atoms with Crippen LogP contribution in [0.25, 0.3) is 215 Å². The third-order valence-corrected chi connectivity index (χ3v) is 26.0. The summed E-state index contributed by atoms with van der Waals surface area (Å²) in [7, 11) is 3.62. The summed E-state index contributed by atoms with van der Waals surface area (Å²) in [4.78, 5) is 28.5. The number of hydrogen-bond acceptors (Lipinski definition) is 9. The van der Waals surface area contributed by atoms with Crippen LogP contribution in [0.5, 0.6) is 0 Å². The normalized spacial score (nSPS) is 30.3. The number of methoxy groups -OCH3 is 2. The fraction of sp³-hybridized carbons (Fsp3) is 0.229. The van der Waals surface area contributed by atoms with Crippen LogP contribution in [0.2, 0.25) is 0 Å². The first kappa shape index (κ1) is 35.3. The zero-order valence-corrected chi connectivity index (χ0v) is 43.8. The van der Waals surface area contributed by atoms with E-state index in [9.17, 15) is 11.6 Å². The van der Waals surface area contributed by atoms with Crippen molar-refractivity contribution in [2.45, 2.75) is 86.0 Å². The number of halogens is 1. The fourth-order valence-electron chi connectivity index (χ4n) is 24.7. The molecule has 0 fully saturated rings. The van der Waals surface area contributed by atoms with Gasteiger partial charge >= 0.3 is 0 Å². The molecule has 0 saturated heterocycles. The van der Waals surface area contributed by atoms with E-state index < -0.39 is 44.5 Å². The molecule has 4 unspecified atom stereocenters. The number of alkyl halides is 1.